The standard InChI is InChI=1S/C22H32N2O6S2/c1-5-19(23-31(27,28)17-11-7-15(3)8-12-17)21(25)22(26)20(6-2)24-32(29,30)18-13-9-16(4)10-14-18/h7-14,19-26H,5-6H2,1-4H3/t19-,20-,21+,22+/m0/s1. The highest BCUT2D eigenvalue weighted by Gasteiger charge is 2.35. The van der Waals surface area contributed by atoms with Gasteiger partial charge in [-0.3, -0.25) is 0 Å². The summed E-state index contributed by atoms with van der Waals surface area (Å²) >= 11 is 0. The van der Waals surface area contributed by atoms with Gasteiger partial charge in [0.1, 0.15) is 0 Å². The second-order valence-electron chi connectivity index (χ2n) is 7.88. The van der Waals surface area contributed by atoms with Crippen molar-refractivity contribution in [3.8, 4) is 0 Å². The van der Waals surface area contributed by atoms with Gasteiger partial charge in [0.05, 0.1) is 34.1 Å². The molecular formula is C22H32N2O6S2. The first-order valence-electron chi connectivity index (χ1n) is 10.5. The fourth-order valence-corrected chi connectivity index (χ4v) is 5.90. The zero-order valence-electron chi connectivity index (χ0n) is 18.7. The topological polar surface area (TPSA) is 133 Å². The van der Waals surface area contributed by atoms with Crippen LogP contribution in [-0.2, 0) is 20.0 Å². The molecule has 0 spiro atoms. The van der Waals surface area contributed by atoms with Crippen molar-refractivity contribution in [3.05, 3.63) is 59.7 Å². The first-order chi connectivity index (χ1) is 14.9. The number of hydrogen-bond donors (Lipinski definition) is 4. The van der Waals surface area contributed by atoms with Crippen LogP contribution in [0.2, 0.25) is 0 Å². The van der Waals surface area contributed by atoms with Gasteiger partial charge in [-0.2, -0.15) is 0 Å². The minimum atomic E-state index is -3.94. The van der Waals surface area contributed by atoms with Gasteiger partial charge in [-0.15, -0.1) is 0 Å². The number of aliphatic hydroxyl groups is 2. The van der Waals surface area contributed by atoms with Crippen molar-refractivity contribution in [2.75, 3.05) is 0 Å². The van der Waals surface area contributed by atoms with Crippen molar-refractivity contribution in [1.29, 1.82) is 0 Å². The second kappa shape index (κ2) is 10.9. The SMILES string of the molecule is CC[C@H](NS(=O)(=O)c1ccc(C)cc1)[C@@H](O)[C@H](O)[C@H](CC)NS(=O)(=O)c1ccc(C)cc1. The smallest absolute Gasteiger partial charge is 0.240 e. The minimum Gasteiger partial charge on any atom is -0.389 e. The van der Waals surface area contributed by atoms with Gasteiger partial charge in [-0.05, 0) is 51.0 Å². The quantitative estimate of drug-likeness (QED) is 0.385. The molecule has 2 aromatic carbocycles. The molecule has 0 saturated carbocycles. The predicted molar refractivity (Wildman–Crippen MR) is 123 cm³/mol. The molecule has 178 valence electrons. The summed E-state index contributed by atoms with van der Waals surface area (Å²) in [6.07, 6.45) is -2.70. The van der Waals surface area contributed by atoms with E-state index in [9.17, 15) is 27.0 Å². The van der Waals surface area contributed by atoms with Gasteiger partial charge < -0.3 is 10.2 Å². The van der Waals surface area contributed by atoms with Crippen molar-refractivity contribution in [3.63, 3.8) is 0 Å². The van der Waals surface area contributed by atoms with E-state index in [1.807, 2.05) is 13.8 Å². The molecule has 10 heteroatoms. The Balaban J connectivity index is 2.18. The van der Waals surface area contributed by atoms with Crippen LogP contribution in [0.15, 0.2) is 58.3 Å². The lowest BCUT2D eigenvalue weighted by Crippen LogP contribution is -2.55. The summed E-state index contributed by atoms with van der Waals surface area (Å²) in [5.41, 5.74) is 1.80. The van der Waals surface area contributed by atoms with E-state index in [2.05, 4.69) is 9.44 Å². The van der Waals surface area contributed by atoms with Crippen molar-refractivity contribution in [2.24, 2.45) is 0 Å². The van der Waals surface area contributed by atoms with Crippen LogP contribution in [0.4, 0.5) is 0 Å². The van der Waals surface area contributed by atoms with Crippen molar-refractivity contribution >= 4 is 20.0 Å². The van der Waals surface area contributed by atoms with E-state index < -0.39 is 44.3 Å². The Morgan fingerprint density at radius 2 is 0.938 bits per heavy atom. The Kier molecular flexibility index (Phi) is 8.98. The normalized spacial score (nSPS) is 16.3. The largest absolute Gasteiger partial charge is 0.389 e. The highest BCUT2D eigenvalue weighted by Crippen LogP contribution is 2.18. The number of nitrogens with one attached hydrogen (secondary N) is 2. The molecule has 0 bridgehead atoms. The number of rotatable bonds is 11. The van der Waals surface area contributed by atoms with Crippen LogP contribution in [0.25, 0.3) is 0 Å². The van der Waals surface area contributed by atoms with Gasteiger partial charge in [0.2, 0.25) is 20.0 Å². The van der Waals surface area contributed by atoms with Gasteiger partial charge in [0.15, 0.2) is 0 Å². The third kappa shape index (κ3) is 6.60. The Hall–Kier alpha value is -1.82. The summed E-state index contributed by atoms with van der Waals surface area (Å²) < 4.78 is 55.7. The maximum Gasteiger partial charge on any atom is 0.240 e. The van der Waals surface area contributed by atoms with Gasteiger partial charge in [0, 0.05) is 0 Å². The highest BCUT2D eigenvalue weighted by atomic mass is 32.2. The molecule has 4 N–H and O–H groups in total. The molecular weight excluding hydrogens is 452 g/mol. The lowest BCUT2D eigenvalue weighted by molar-refractivity contribution is -0.0172. The van der Waals surface area contributed by atoms with E-state index >= 15 is 0 Å². The van der Waals surface area contributed by atoms with Gasteiger partial charge >= 0.3 is 0 Å². The van der Waals surface area contributed by atoms with E-state index in [4.69, 9.17) is 0 Å². The zero-order chi connectivity index (χ0) is 24.1. The lowest BCUT2D eigenvalue weighted by Gasteiger charge is -2.31. The molecule has 4 atom stereocenters. The molecule has 8 nitrogen and oxygen atoms in total. The molecule has 0 saturated heterocycles. The van der Waals surface area contributed by atoms with Crippen molar-refractivity contribution < 1.29 is 27.0 Å². The maximum absolute atomic E-state index is 12.7. The van der Waals surface area contributed by atoms with Crippen LogP contribution in [0.1, 0.15) is 37.8 Å². The van der Waals surface area contributed by atoms with E-state index in [1.165, 1.54) is 24.3 Å². The Morgan fingerprint density at radius 3 is 1.19 bits per heavy atom. The Labute approximate surface area is 190 Å². The number of sulfonamides is 2. The summed E-state index contributed by atoms with van der Waals surface area (Å²) in [7, 11) is -7.88. The monoisotopic (exact) mass is 484 g/mol. The average molecular weight is 485 g/mol. The van der Waals surface area contributed by atoms with E-state index in [1.54, 1.807) is 38.1 Å². The fourth-order valence-electron chi connectivity index (χ4n) is 3.23. The maximum atomic E-state index is 12.7. The van der Waals surface area contributed by atoms with E-state index in [0.717, 1.165) is 11.1 Å². The van der Waals surface area contributed by atoms with Gasteiger partial charge in [-0.1, -0.05) is 49.2 Å². The van der Waals surface area contributed by atoms with Gasteiger partial charge in [-0.25, -0.2) is 26.3 Å². The molecule has 2 rings (SSSR count). The molecule has 0 radical (unpaired) electrons. The summed E-state index contributed by atoms with van der Waals surface area (Å²) in [6, 6.07) is 10.4. The predicted octanol–water partition coefficient (Wildman–Crippen LogP) is 1.84. The number of aryl methyl sites for hydroxylation is 2. The molecule has 0 amide bonds. The molecule has 0 aromatic heterocycles. The van der Waals surface area contributed by atoms with Crippen LogP contribution >= 0.6 is 0 Å². The van der Waals surface area contributed by atoms with Crippen LogP contribution < -0.4 is 9.44 Å². The molecule has 0 heterocycles. The summed E-state index contributed by atoms with van der Waals surface area (Å²) in [4.78, 5) is 0.0747. The fraction of sp³-hybridized carbons (Fsp3) is 0.455. The molecule has 2 aromatic rings. The zero-order valence-corrected chi connectivity index (χ0v) is 20.3. The molecule has 0 fully saturated rings. The van der Waals surface area contributed by atoms with Crippen LogP contribution in [0.3, 0.4) is 0 Å². The number of aliphatic hydroxyl groups excluding tert-OH is 2. The van der Waals surface area contributed by atoms with Crippen molar-refractivity contribution in [2.45, 2.75) is 74.6 Å². The van der Waals surface area contributed by atoms with Crippen LogP contribution in [-0.4, -0.2) is 51.3 Å². The molecule has 0 aliphatic heterocycles. The highest BCUT2D eigenvalue weighted by molar-refractivity contribution is 7.89. The first-order valence-corrected chi connectivity index (χ1v) is 13.4. The van der Waals surface area contributed by atoms with Crippen LogP contribution in [0, 0.1) is 13.8 Å². The second-order valence-corrected chi connectivity index (χ2v) is 11.3. The lowest BCUT2D eigenvalue weighted by atomic mass is 9.97. The number of hydrogen-bond acceptors (Lipinski definition) is 6. The molecule has 0 aliphatic carbocycles. The third-order valence-electron chi connectivity index (χ3n) is 5.33. The Bertz CT molecular complexity index is 995. The summed E-state index contributed by atoms with van der Waals surface area (Å²) in [6.45, 7) is 6.99. The first kappa shape index (κ1) is 26.4. The van der Waals surface area contributed by atoms with Gasteiger partial charge in [0.25, 0.3) is 0 Å². The summed E-state index contributed by atoms with van der Waals surface area (Å²) in [5, 5.41) is 21.5. The Morgan fingerprint density at radius 1 is 0.656 bits per heavy atom. The molecule has 0 aliphatic rings. The van der Waals surface area contributed by atoms with E-state index in [-0.39, 0.29) is 22.6 Å². The molecule has 32 heavy (non-hydrogen) atoms. The van der Waals surface area contributed by atoms with Crippen molar-refractivity contribution in [1.82, 2.24) is 9.44 Å². The average Bonchev–Trinajstić information content (AvgIpc) is 2.75. The molecule has 0 unspecified atom stereocenters. The van der Waals surface area contributed by atoms with E-state index in [0.29, 0.717) is 0 Å². The third-order valence-corrected chi connectivity index (χ3v) is 8.34. The minimum absolute atomic E-state index is 0.0374. The number of benzene rings is 2. The summed E-state index contributed by atoms with van der Waals surface area (Å²) in [5.74, 6) is 0. The van der Waals surface area contributed by atoms with Crippen LogP contribution in [0.5, 0.6) is 0 Å².